The molecule has 18 heavy (non-hydrogen) atoms. The zero-order chi connectivity index (χ0) is 12.8. The zero-order valence-electron chi connectivity index (χ0n) is 9.61. The molecule has 0 aliphatic carbocycles. The maximum absolute atomic E-state index is 11.8. The minimum atomic E-state index is -3.51. The summed E-state index contributed by atoms with van der Waals surface area (Å²) < 4.78 is 31.3. The van der Waals surface area contributed by atoms with E-state index in [-0.39, 0.29) is 11.6 Å². The highest BCUT2D eigenvalue weighted by Gasteiger charge is 2.12. The zero-order valence-corrected chi connectivity index (χ0v) is 10.4. The summed E-state index contributed by atoms with van der Waals surface area (Å²) in [5.41, 5.74) is 0. The Morgan fingerprint density at radius 2 is 1.44 bits per heavy atom. The fraction of sp³-hybridized carbons (Fsp3) is 0.0769. The Bertz CT molecular complexity index is 582. The van der Waals surface area contributed by atoms with Crippen molar-refractivity contribution in [1.29, 1.82) is 0 Å². The van der Waals surface area contributed by atoms with Gasteiger partial charge in [0, 0.05) is 0 Å². The van der Waals surface area contributed by atoms with Crippen LogP contribution in [0.4, 0.5) is 0 Å². The Morgan fingerprint density at radius 1 is 0.889 bits per heavy atom. The van der Waals surface area contributed by atoms with Crippen molar-refractivity contribution in [3.8, 4) is 5.75 Å². The van der Waals surface area contributed by atoms with Crippen LogP contribution < -0.4 is 9.46 Å². The fourth-order valence-electron chi connectivity index (χ4n) is 1.39. The molecule has 0 aliphatic rings. The third kappa shape index (κ3) is 3.32. The SMILES string of the molecule is O=S(=O)(NCOc1ccccc1)c1ccccc1. The Morgan fingerprint density at radius 3 is 2.06 bits per heavy atom. The van der Waals surface area contributed by atoms with Crippen molar-refractivity contribution in [2.24, 2.45) is 0 Å². The molecule has 0 atom stereocenters. The third-order valence-corrected chi connectivity index (χ3v) is 3.68. The first-order chi connectivity index (χ1) is 8.68. The molecule has 0 bridgehead atoms. The molecule has 5 heteroatoms. The predicted octanol–water partition coefficient (Wildman–Crippen LogP) is 2.00. The lowest BCUT2D eigenvalue weighted by molar-refractivity contribution is 0.311. The van der Waals surface area contributed by atoms with Gasteiger partial charge >= 0.3 is 0 Å². The first kappa shape index (κ1) is 12.6. The molecule has 0 unspecified atom stereocenters. The van der Waals surface area contributed by atoms with Gasteiger partial charge in [-0.25, -0.2) is 8.42 Å². The summed E-state index contributed by atoms with van der Waals surface area (Å²) in [7, 11) is -3.51. The van der Waals surface area contributed by atoms with Crippen LogP contribution in [0.15, 0.2) is 65.6 Å². The lowest BCUT2D eigenvalue weighted by Gasteiger charge is -2.08. The monoisotopic (exact) mass is 263 g/mol. The summed E-state index contributed by atoms with van der Waals surface area (Å²) in [4.78, 5) is 0.224. The topological polar surface area (TPSA) is 55.4 Å². The summed E-state index contributed by atoms with van der Waals surface area (Å²) in [5, 5.41) is 0. The smallest absolute Gasteiger partial charge is 0.243 e. The van der Waals surface area contributed by atoms with Crippen molar-refractivity contribution >= 4 is 10.0 Å². The predicted molar refractivity (Wildman–Crippen MR) is 68.7 cm³/mol. The van der Waals surface area contributed by atoms with Crippen LogP contribution in [0.5, 0.6) is 5.75 Å². The number of sulfonamides is 1. The van der Waals surface area contributed by atoms with Gasteiger partial charge in [0.05, 0.1) is 4.90 Å². The summed E-state index contributed by atoms with van der Waals surface area (Å²) in [6.45, 7) is -0.0960. The van der Waals surface area contributed by atoms with Gasteiger partial charge in [-0.3, -0.25) is 0 Å². The standard InChI is InChI=1S/C13H13NO3S/c15-18(16,13-9-5-2-6-10-13)14-11-17-12-7-3-1-4-8-12/h1-10,14H,11H2. The van der Waals surface area contributed by atoms with Crippen LogP contribution in [-0.2, 0) is 10.0 Å². The van der Waals surface area contributed by atoms with Crippen molar-refractivity contribution in [1.82, 2.24) is 4.72 Å². The number of hydrogen-bond donors (Lipinski definition) is 1. The molecule has 2 aromatic carbocycles. The van der Waals surface area contributed by atoms with E-state index in [0.29, 0.717) is 5.75 Å². The number of rotatable bonds is 5. The lowest BCUT2D eigenvalue weighted by atomic mass is 10.3. The molecule has 0 amide bonds. The van der Waals surface area contributed by atoms with Crippen LogP contribution >= 0.6 is 0 Å². The Kier molecular flexibility index (Phi) is 3.96. The van der Waals surface area contributed by atoms with E-state index in [1.807, 2.05) is 18.2 Å². The van der Waals surface area contributed by atoms with E-state index in [2.05, 4.69) is 4.72 Å². The second kappa shape index (κ2) is 5.66. The van der Waals surface area contributed by atoms with E-state index in [1.165, 1.54) is 12.1 Å². The number of nitrogens with one attached hydrogen (secondary N) is 1. The largest absolute Gasteiger partial charge is 0.477 e. The highest BCUT2D eigenvalue weighted by Crippen LogP contribution is 2.09. The first-order valence-electron chi connectivity index (χ1n) is 5.41. The summed E-state index contributed by atoms with van der Waals surface area (Å²) >= 11 is 0. The molecular weight excluding hydrogens is 250 g/mol. The molecule has 0 fully saturated rings. The van der Waals surface area contributed by atoms with E-state index in [9.17, 15) is 8.42 Å². The molecule has 0 saturated carbocycles. The second-order valence-electron chi connectivity index (χ2n) is 3.56. The van der Waals surface area contributed by atoms with Gasteiger partial charge in [-0.05, 0) is 24.3 Å². The normalized spacial score (nSPS) is 11.1. The van der Waals surface area contributed by atoms with Gasteiger partial charge in [0.1, 0.15) is 5.75 Å². The van der Waals surface area contributed by atoms with Crippen molar-refractivity contribution in [3.63, 3.8) is 0 Å². The fourth-order valence-corrected chi connectivity index (χ4v) is 2.29. The quantitative estimate of drug-likeness (QED) is 0.839. The van der Waals surface area contributed by atoms with Crippen LogP contribution in [-0.4, -0.2) is 15.1 Å². The molecule has 0 aliphatic heterocycles. The number of ether oxygens (including phenoxy) is 1. The molecule has 94 valence electrons. The van der Waals surface area contributed by atoms with Crippen LogP contribution in [0.25, 0.3) is 0 Å². The minimum absolute atomic E-state index is 0.0960. The molecule has 0 saturated heterocycles. The highest BCUT2D eigenvalue weighted by molar-refractivity contribution is 7.89. The molecule has 4 nitrogen and oxygen atoms in total. The van der Waals surface area contributed by atoms with Crippen molar-refractivity contribution in [3.05, 3.63) is 60.7 Å². The maximum Gasteiger partial charge on any atom is 0.243 e. The Labute approximate surface area is 106 Å². The van der Waals surface area contributed by atoms with Crippen LogP contribution in [0, 0.1) is 0 Å². The van der Waals surface area contributed by atoms with Gasteiger partial charge in [-0.1, -0.05) is 36.4 Å². The second-order valence-corrected chi connectivity index (χ2v) is 5.33. The molecule has 0 spiro atoms. The van der Waals surface area contributed by atoms with Gasteiger partial charge in [-0.15, -0.1) is 0 Å². The van der Waals surface area contributed by atoms with Gasteiger partial charge in [0.15, 0.2) is 6.73 Å². The molecule has 0 aromatic heterocycles. The van der Waals surface area contributed by atoms with E-state index < -0.39 is 10.0 Å². The lowest BCUT2D eigenvalue weighted by Crippen LogP contribution is -2.27. The summed E-state index contributed by atoms with van der Waals surface area (Å²) in [5.74, 6) is 0.619. The van der Waals surface area contributed by atoms with E-state index >= 15 is 0 Å². The van der Waals surface area contributed by atoms with E-state index in [4.69, 9.17) is 4.74 Å². The van der Waals surface area contributed by atoms with Gasteiger partial charge < -0.3 is 4.74 Å². The van der Waals surface area contributed by atoms with Gasteiger partial charge in [0.2, 0.25) is 10.0 Å². The van der Waals surface area contributed by atoms with Crippen molar-refractivity contribution in [2.75, 3.05) is 6.73 Å². The van der Waals surface area contributed by atoms with Gasteiger partial charge in [-0.2, -0.15) is 4.72 Å². The van der Waals surface area contributed by atoms with E-state index in [0.717, 1.165) is 0 Å². The number of hydrogen-bond acceptors (Lipinski definition) is 3. The Balaban J connectivity index is 1.95. The number of benzene rings is 2. The average Bonchev–Trinajstić information content (AvgIpc) is 2.41. The molecule has 2 aromatic rings. The van der Waals surface area contributed by atoms with Crippen LogP contribution in [0.2, 0.25) is 0 Å². The first-order valence-corrected chi connectivity index (χ1v) is 6.89. The summed E-state index contributed by atoms with van der Waals surface area (Å²) in [6.07, 6.45) is 0. The Hall–Kier alpha value is -1.85. The molecular formula is C13H13NO3S. The minimum Gasteiger partial charge on any atom is -0.477 e. The van der Waals surface area contributed by atoms with E-state index in [1.54, 1.807) is 30.3 Å². The van der Waals surface area contributed by atoms with Crippen LogP contribution in [0.1, 0.15) is 0 Å². The molecule has 0 radical (unpaired) electrons. The summed E-state index contributed by atoms with van der Waals surface area (Å²) in [6, 6.07) is 17.2. The maximum atomic E-state index is 11.8. The van der Waals surface area contributed by atoms with Crippen molar-refractivity contribution in [2.45, 2.75) is 4.90 Å². The molecule has 0 heterocycles. The highest BCUT2D eigenvalue weighted by atomic mass is 32.2. The average molecular weight is 263 g/mol. The van der Waals surface area contributed by atoms with Gasteiger partial charge in [0.25, 0.3) is 0 Å². The molecule has 2 rings (SSSR count). The van der Waals surface area contributed by atoms with Crippen molar-refractivity contribution < 1.29 is 13.2 Å². The van der Waals surface area contributed by atoms with Crippen LogP contribution in [0.3, 0.4) is 0 Å². The third-order valence-electron chi connectivity index (χ3n) is 2.28. The number of para-hydroxylation sites is 1. The molecule has 1 N–H and O–H groups in total.